The molecule has 6 heteroatoms. The van der Waals surface area contributed by atoms with E-state index in [0.29, 0.717) is 12.1 Å². The van der Waals surface area contributed by atoms with Crippen LogP contribution in [0.5, 0.6) is 0 Å². The van der Waals surface area contributed by atoms with Gasteiger partial charge in [-0.1, -0.05) is 6.92 Å². The van der Waals surface area contributed by atoms with Crippen molar-refractivity contribution < 1.29 is 0 Å². The fourth-order valence-electron chi connectivity index (χ4n) is 2.53. The summed E-state index contributed by atoms with van der Waals surface area (Å²) in [5.74, 6) is 1.88. The van der Waals surface area contributed by atoms with Gasteiger partial charge in [0.1, 0.15) is 22.4 Å². The Labute approximate surface area is 129 Å². The summed E-state index contributed by atoms with van der Waals surface area (Å²) in [6.45, 7) is 9.56. The highest BCUT2D eigenvalue weighted by Gasteiger charge is 2.28. The van der Waals surface area contributed by atoms with Crippen LogP contribution in [-0.4, -0.2) is 53.6 Å². The van der Waals surface area contributed by atoms with Gasteiger partial charge in [0.2, 0.25) is 0 Å². The van der Waals surface area contributed by atoms with Gasteiger partial charge in [-0.3, -0.25) is 4.90 Å². The molecular formula is C14H24BrN5. The first kappa shape index (κ1) is 15.5. The highest BCUT2D eigenvalue weighted by atomic mass is 79.9. The lowest BCUT2D eigenvalue weighted by Gasteiger charge is -2.43. The molecule has 0 amide bonds. The highest BCUT2D eigenvalue weighted by Crippen LogP contribution is 2.31. The molecule has 1 fully saturated rings. The van der Waals surface area contributed by atoms with Crippen LogP contribution in [0.3, 0.4) is 0 Å². The van der Waals surface area contributed by atoms with Crippen LogP contribution in [0.15, 0.2) is 10.8 Å². The molecule has 2 unspecified atom stereocenters. The molecule has 1 aromatic rings. The maximum atomic E-state index is 4.47. The summed E-state index contributed by atoms with van der Waals surface area (Å²) in [6.07, 6.45) is 2.72. The number of hydrogen-bond donors (Lipinski definition) is 1. The summed E-state index contributed by atoms with van der Waals surface area (Å²) in [5.41, 5.74) is 0. The quantitative estimate of drug-likeness (QED) is 0.911. The minimum Gasteiger partial charge on any atom is -0.369 e. The van der Waals surface area contributed by atoms with Gasteiger partial charge in [-0.15, -0.1) is 0 Å². The van der Waals surface area contributed by atoms with Crippen molar-refractivity contribution in [3.05, 3.63) is 10.8 Å². The number of piperazine rings is 1. The van der Waals surface area contributed by atoms with Crippen LogP contribution in [-0.2, 0) is 0 Å². The van der Waals surface area contributed by atoms with Gasteiger partial charge in [0.15, 0.2) is 0 Å². The van der Waals surface area contributed by atoms with Crippen LogP contribution in [0.1, 0.15) is 27.2 Å². The van der Waals surface area contributed by atoms with Gasteiger partial charge in [-0.05, 0) is 43.2 Å². The monoisotopic (exact) mass is 341 g/mol. The minimum absolute atomic E-state index is 0.521. The lowest BCUT2D eigenvalue weighted by atomic mass is 10.1. The molecule has 112 valence electrons. The van der Waals surface area contributed by atoms with Crippen LogP contribution in [0.25, 0.3) is 0 Å². The number of hydrogen-bond acceptors (Lipinski definition) is 5. The third-order valence-corrected chi connectivity index (χ3v) is 4.70. The molecule has 1 aliphatic rings. The van der Waals surface area contributed by atoms with E-state index in [-0.39, 0.29) is 0 Å². The first-order valence-corrected chi connectivity index (χ1v) is 8.05. The molecule has 0 saturated carbocycles. The van der Waals surface area contributed by atoms with Gasteiger partial charge in [0.25, 0.3) is 0 Å². The van der Waals surface area contributed by atoms with Crippen LogP contribution >= 0.6 is 15.9 Å². The van der Waals surface area contributed by atoms with E-state index in [1.54, 1.807) is 6.33 Å². The molecule has 2 rings (SSSR count). The Morgan fingerprint density at radius 1 is 1.30 bits per heavy atom. The Kier molecular flexibility index (Phi) is 5.21. The van der Waals surface area contributed by atoms with Crippen molar-refractivity contribution >= 4 is 27.6 Å². The van der Waals surface area contributed by atoms with E-state index in [1.807, 2.05) is 0 Å². The Balaban J connectivity index is 2.20. The second kappa shape index (κ2) is 6.72. The van der Waals surface area contributed by atoms with Gasteiger partial charge in [0, 0.05) is 31.7 Å². The van der Waals surface area contributed by atoms with Gasteiger partial charge >= 0.3 is 0 Å². The second-order valence-corrected chi connectivity index (χ2v) is 6.35. The topological polar surface area (TPSA) is 44.3 Å². The molecule has 20 heavy (non-hydrogen) atoms. The SMILES string of the molecule is CCCNc1ncnc(N2CC(C)N(C)C(C)C2)c1Br. The zero-order chi connectivity index (χ0) is 14.7. The van der Waals surface area contributed by atoms with E-state index in [0.717, 1.165) is 42.2 Å². The fourth-order valence-corrected chi connectivity index (χ4v) is 3.12. The fraction of sp³-hybridized carbons (Fsp3) is 0.714. The second-order valence-electron chi connectivity index (χ2n) is 5.56. The van der Waals surface area contributed by atoms with Gasteiger partial charge in [-0.2, -0.15) is 0 Å². The smallest absolute Gasteiger partial charge is 0.148 e. The van der Waals surface area contributed by atoms with Gasteiger partial charge < -0.3 is 10.2 Å². The van der Waals surface area contributed by atoms with Crippen molar-refractivity contribution in [1.29, 1.82) is 0 Å². The van der Waals surface area contributed by atoms with Crippen LogP contribution in [0, 0.1) is 0 Å². The third kappa shape index (κ3) is 3.23. The van der Waals surface area contributed by atoms with E-state index in [9.17, 15) is 0 Å². The maximum Gasteiger partial charge on any atom is 0.148 e. The summed E-state index contributed by atoms with van der Waals surface area (Å²) in [5, 5.41) is 3.34. The molecule has 0 aromatic carbocycles. The number of halogens is 1. The van der Waals surface area contributed by atoms with Gasteiger partial charge in [-0.25, -0.2) is 9.97 Å². The predicted molar refractivity (Wildman–Crippen MR) is 87.4 cm³/mol. The molecule has 1 saturated heterocycles. The molecular weight excluding hydrogens is 318 g/mol. The average molecular weight is 342 g/mol. The normalized spacial score (nSPS) is 23.9. The van der Waals surface area contributed by atoms with E-state index in [1.165, 1.54) is 0 Å². The first-order valence-electron chi connectivity index (χ1n) is 7.25. The van der Waals surface area contributed by atoms with Crippen LogP contribution in [0.4, 0.5) is 11.6 Å². The van der Waals surface area contributed by atoms with Crippen molar-refractivity contribution in [2.45, 2.75) is 39.3 Å². The largest absolute Gasteiger partial charge is 0.369 e. The Morgan fingerprint density at radius 3 is 2.55 bits per heavy atom. The number of nitrogens with zero attached hydrogens (tertiary/aromatic N) is 4. The number of anilines is 2. The van der Waals surface area contributed by atoms with Crippen molar-refractivity contribution in [1.82, 2.24) is 14.9 Å². The van der Waals surface area contributed by atoms with E-state index in [2.05, 4.69) is 68.8 Å². The van der Waals surface area contributed by atoms with Gasteiger partial charge in [0.05, 0.1) is 0 Å². The Morgan fingerprint density at radius 2 is 1.95 bits per heavy atom. The number of likely N-dealkylation sites (N-methyl/N-ethyl adjacent to an activating group) is 1. The molecule has 0 aliphatic carbocycles. The highest BCUT2D eigenvalue weighted by molar-refractivity contribution is 9.10. The molecule has 0 radical (unpaired) electrons. The molecule has 0 bridgehead atoms. The summed E-state index contributed by atoms with van der Waals surface area (Å²) in [6, 6.07) is 1.04. The molecule has 1 N–H and O–H groups in total. The Bertz CT molecular complexity index is 441. The predicted octanol–water partition coefficient (Wildman–Crippen LogP) is 2.59. The third-order valence-electron chi connectivity index (χ3n) is 3.97. The molecule has 5 nitrogen and oxygen atoms in total. The number of nitrogens with one attached hydrogen (secondary N) is 1. The van der Waals surface area contributed by atoms with Crippen molar-refractivity contribution in [2.75, 3.05) is 36.9 Å². The summed E-state index contributed by atoms with van der Waals surface area (Å²) < 4.78 is 0.970. The molecule has 1 aliphatic heterocycles. The van der Waals surface area contributed by atoms with Crippen LogP contribution in [0.2, 0.25) is 0 Å². The maximum absolute atomic E-state index is 4.47. The lowest BCUT2D eigenvalue weighted by Crippen LogP contribution is -2.55. The van der Waals surface area contributed by atoms with Crippen molar-refractivity contribution in [3.8, 4) is 0 Å². The lowest BCUT2D eigenvalue weighted by molar-refractivity contribution is 0.169. The standard InChI is InChI=1S/C14H24BrN5/c1-5-6-16-13-12(15)14(18-9-17-13)20-7-10(2)19(4)11(3)8-20/h9-11H,5-8H2,1-4H3,(H,16,17,18). The zero-order valence-electron chi connectivity index (χ0n) is 12.7. The van der Waals surface area contributed by atoms with E-state index < -0.39 is 0 Å². The average Bonchev–Trinajstić information content (AvgIpc) is 2.43. The van der Waals surface area contributed by atoms with Crippen molar-refractivity contribution in [3.63, 3.8) is 0 Å². The van der Waals surface area contributed by atoms with E-state index in [4.69, 9.17) is 0 Å². The number of aromatic nitrogens is 2. The molecule has 2 heterocycles. The van der Waals surface area contributed by atoms with Crippen molar-refractivity contribution in [2.24, 2.45) is 0 Å². The first-order chi connectivity index (χ1) is 9.54. The zero-order valence-corrected chi connectivity index (χ0v) is 14.3. The van der Waals surface area contributed by atoms with E-state index >= 15 is 0 Å². The molecule has 0 spiro atoms. The Hall–Kier alpha value is -0.880. The van der Waals surface area contributed by atoms with Crippen LogP contribution < -0.4 is 10.2 Å². The number of rotatable bonds is 4. The summed E-state index contributed by atoms with van der Waals surface area (Å²) in [4.78, 5) is 13.6. The summed E-state index contributed by atoms with van der Waals surface area (Å²) in [7, 11) is 2.19. The molecule has 1 aromatic heterocycles. The summed E-state index contributed by atoms with van der Waals surface area (Å²) >= 11 is 3.66. The minimum atomic E-state index is 0.521. The molecule has 2 atom stereocenters.